The number of thiol groups is 1. The predicted octanol–water partition coefficient (Wildman–Crippen LogP) is -1.05. The number of halogens is 1. The molecular formula is C23H42IN6O3S-. The molecule has 34 heavy (non-hydrogen) atoms. The fourth-order valence-corrected chi connectivity index (χ4v) is 5.10. The van der Waals surface area contributed by atoms with Crippen LogP contribution in [0.5, 0.6) is 0 Å². The van der Waals surface area contributed by atoms with Crippen molar-refractivity contribution < 1.29 is 35.3 Å². The fraction of sp³-hybridized carbons (Fsp3) is 0.826. The molecule has 4 atom stereocenters. The number of unbranched alkanes of at least 4 members (excludes halogenated alkanes) is 2. The van der Waals surface area contributed by atoms with Crippen LogP contribution in [-0.2, 0) is 28.9 Å². The van der Waals surface area contributed by atoms with Gasteiger partial charge in [0.25, 0.3) is 0 Å². The summed E-state index contributed by atoms with van der Waals surface area (Å²) in [5, 5.41) is 14.8. The number of hydrogen-bond acceptors (Lipinski definition) is 8. The van der Waals surface area contributed by atoms with E-state index in [0.717, 1.165) is 76.6 Å². The maximum absolute atomic E-state index is 11.8. The first-order chi connectivity index (χ1) is 17.0. The fourth-order valence-electron chi connectivity index (χ4n) is 5.10. The van der Waals surface area contributed by atoms with E-state index >= 15 is 0 Å². The van der Waals surface area contributed by atoms with E-state index in [0.29, 0.717) is 30.9 Å². The van der Waals surface area contributed by atoms with Crippen LogP contribution in [0, 0.1) is 17.8 Å². The van der Waals surface area contributed by atoms with E-state index in [1.807, 2.05) is 0 Å². The van der Waals surface area contributed by atoms with Gasteiger partial charge in [0.1, 0.15) is 5.78 Å². The zero-order valence-corrected chi connectivity index (χ0v) is 23.5. The van der Waals surface area contributed by atoms with E-state index in [1.54, 1.807) is 14.0 Å². The third-order valence-corrected chi connectivity index (χ3v) is 7.09. The number of ether oxygens (including phenoxy) is 1. The van der Waals surface area contributed by atoms with Gasteiger partial charge in [0.15, 0.2) is 0 Å². The minimum atomic E-state index is -0.466. The number of fused-ring (bicyclic) bond motifs is 2. The van der Waals surface area contributed by atoms with Crippen LogP contribution in [0.3, 0.4) is 0 Å². The molecule has 3 rings (SSSR count). The summed E-state index contributed by atoms with van der Waals surface area (Å²) < 4.78 is 13.6. The van der Waals surface area contributed by atoms with Crippen LogP contribution in [0.4, 0.5) is 4.79 Å². The van der Waals surface area contributed by atoms with E-state index in [-0.39, 0.29) is 17.9 Å². The molecule has 1 aromatic rings. The quantitative estimate of drug-likeness (QED) is 0.128. The Kier molecular flexibility index (Phi) is 13.0. The Morgan fingerprint density at radius 3 is 2.71 bits per heavy atom. The van der Waals surface area contributed by atoms with Crippen molar-refractivity contribution in [2.75, 3.05) is 26.7 Å². The van der Waals surface area contributed by atoms with Gasteiger partial charge in [0.05, 0.1) is 24.0 Å². The third kappa shape index (κ3) is 8.94. The van der Waals surface area contributed by atoms with Gasteiger partial charge in [-0.25, -0.2) is 9.48 Å². The molecule has 0 saturated heterocycles. The Morgan fingerprint density at radius 1 is 1.29 bits per heavy atom. The molecular weight excluding hydrogens is 567 g/mol. The van der Waals surface area contributed by atoms with Crippen molar-refractivity contribution in [3.63, 3.8) is 0 Å². The van der Waals surface area contributed by atoms with Gasteiger partial charge in [-0.2, -0.15) is 0 Å². The molecule has 0 aliphatic heterocycles. The van der Waals surface area contributed by atoms with Crippen LogP contribution in [0.15, 0.2) is 0 Å². The van der Waals surface area contributed by atoms with E-state index < -0.39 is 21.0 Å². The number of nitrogens with zero attached hydrogens (tertiary/aromatic N) is 3. The Bertz CT molecular complexity index is 786. The summed E-state index contributed by atoms with van der Waals surface area (Å²) >= 11 is -0.466. The molecule has 1 fully saturated rings. The first-order valence-electron chi connectivity index (χ1n) is 12.8. The standard InChI is InChI=1S/C23H40N6O3.H2IS/c1-16(30)20(7-3-4-12-24)26-13-5-6-14-29-22-11-9-18-17(8-10-21(22)27-28-29)19(18)15-32-23(31)25-2;1-2/h17-20,26H,3-15,24H2,1-2H3,(H,25,31);1-2H/q;-1/t17-,18+,19-,20-;/m0./s1/i;1D. The molecule has 4 N–H and O–H groups in total. The van der Waals surface area contributed by atoms with Crippen LogP contribution in [-0.4, -0.2) is 60.3 Å². The Hall–Kier alpha value is -0.920. The molecule has 11 heteroatoms. The number of hydrogen-bond donors (Lipinski definition) is 4. The summed E-state index contributed by atoms with van der Waals surface area (Å²) in [5.74, 6) is 1.98. The molecule has 9 nitrogen and oxygen atoms in total. The number of alkyl carbamates (subject to hydrolysis) is 1. The number of carbonyl (C=O) groups is 2. The average Bonchev–Trinajstić information content (AvgIpc) is 3.34. The van der Waals surface area contributed by atoms with E-state index in [4.69, 9.17) is 11.1 Å². The second kappa shape index (κ2) is 15.9. The topological polar surface area (TPSA) is 124 Å². The molecule has 0 radical (unpaired) electrons. The second-order valence-electron chi connectivity index (χ2n) is 9.23. The monoisotopic (exact) mass is 610 g/mol. The van der Waals surface area contributed by atoms with Crippen LogP contribution < -0.4 is 37.4 Å². The zero-order chi connectivity index (χ0) is 25.6. The zero-order valence-electron chi connectivity index (χ0n) is 21.5. The van der Waals surface area contributed by atoms with Crippen molar-refractivity contribution in [1.82, 2.24) is 25.6 Å². The summed E-state index contributed by atoms with van der Waals surface area (Å²) in [6.07, 6.45) is 8.62. The maximum atomic E-state index is 11.8. The van der Waals surface area contributed by atoms with E-state index in [9.17, 15) is 9.59 Å². The Balaban J connectivity index is 0.00000137. The summed E-state index contributed by atoms with van der Waals surface area (Å²) in [5.41, 5.74) is 7.96. The molecule has 2 aliphatic rings. The number of nitrogens with two attached hydrogens (primary N) is 1. The minimum absolute atomic E-state index is 0.0558. The van der Waals surface area contributed by atoms with Crippen molar-refractivity contribution in [1.29, 1.82) is 0.594 Å². The van der Waals surface area contributed by atoms with E-state index in [1.165, 1.54) is 5.69 Å². The van der Waals surface area contributed by atoms with Crippen molar-refractivity contribution in [3.8, 4) is 0 Å². The van der Waals surface area contributed by atoms with Crippen LogP contribution in [0.2, 0.25) is 0 Å². The van der Waals surface area contributed by atoms with Gasteiger partial charge in [0.2, 0.25) is 0 Å². The second-order valence-corrected chi connectivity index (χ2v) is 9.23. The molecule has 1 aromatic heterocycles. The van der Waals surface area contributed by atoms with E-state index in [2.05, 4.69) is 35.4 Å². The third-order valence-electron chi connectivity index (χ3n) is 7.09. The molecule has 2 aliphatic carbocycles. The molecule has 1 heterocycles. The Morgan fingerprint density at radius 2 is 2.03 bits per heavy atom. The van der Waals surface area contributed by atoms with Crippen molar-refractivity contribution in [2.24, 2.45) is 23.5 Å². The SMILES string of the molecule is CNC(=O)OC[C@@H]1[C@@H]2CCc3c(nnn3CCCCN[C@@H](CCCCN)C(C)=O)CC[C@@H]21.[2H][I-]S. The van der Waals surface area contributed by atoms with Crippen LogP contribution in [0.25, 0.3) is 0 Å². The molecule has 196 valence electrons. The first kappa shape index (κ1) is 27.7. The summed E-state index contributed by atoms with van der Waals surface area (Å²) in [4.78, 5) is 23.2. The molecule has 1 saturated carbocycles. The Labute approximate surface area is 221 Å². The van der Waals surface area contributed by atoms with Crippen LogP contribution in [0.1, 0.15) is 63.3 Å². The van der Waals surface area contributed by atoms with Gasteiger partial charge in [-0.15, -0.1) is 5.10 Å². The van der Waals surface area contributed by atoms with Crippen molar-refractivity contribution in [3.05, 3.63) is 11.4 Å². The molecule has 0 bridgehead atoms. The van der Waals surface area contributed by atoms with Gasteiger partial charge in [-0.3, -0.25) is 4.79 Å². The van der Waals surface area contributed by atoms with Gasteiger partial charge in [0, 0.05) is 13.6 Å². The molecule has 0 aromatic carbocycles. The number of nitrogens with one attached hydrogen (secondary N) is 2. The van der Waals surface area contributed by atoms with Gasteiger partial charge in [-0.1, -0.05) is 11.6 Å². The van der Waals surface area contributed by atoms with Gasteiger partial charge < -0.3 is 21.1 Å². The van der Waals surface area contributed by atoms with Crippen molar-refractivity contribution in [2.45, 2.75) is 77.3 Å². The van der Waals surface area contributed by atoms with Gasteiger partial charge in [-0.05, 0) is 89.1 Å². The van der Waals surface area contributed by atoms with Crippen LogP contribution >= 0.6 is 9.80 Å². The normalized spacial score (nSPS) is 22.1. The summed E-state index contributed by atoms with van der Waals surface area (Å²) in [6, 6.07) is -0.0558. The number of aryl methyl sites for hydroxylation is 2. The first-order valence-corrected chi connectivity index (χ1v) is 15.6. The number of carbonyl (C=O) groups excluding carboxylic acids is 2. The number of amides is 1. The van der Waals surface area contributed by atoms with Crippen molar-refractivity contribution >= 4 is 21.7 Å². The molecule has 1 amide bonds. The van der Waals surface area contributed by atoms with Gasteiger partial charge >= 0.3 is 37.5 Å². The molecule has 0 unspecified atom stereocenters. The number of ketones is 1. The average molecular weight is 611 g/mol. The summed E-state index contributed by atoms with van der Waals surface area (Å²) in [7, 11) is 5.16. The predicted molar refractivity (Wildman–Crippen MR) is 133 cm³/mol. The summed E-state index contributed by atoms with van der Waals surface area (Å²) in [6.45, 7) is 4.55. The molecule has 0 spiro atoms. The number of rotatable bonds is 13. The number of aromatic nitrogens is 3. The number of Topliss-reactive ketones (excluding diaryl/α,β-unsaturated/α-hetero) is 1.